The predicted molar refractivity (Wildman–Crippen MR) is 79.6 cm³/mol. The maximum atomic E-state index is 12.4. The summed E-state index contributed by atoms with van der Waals surface area (Å²) in [5.74, 6) is 1.79. The van der Waals surface area contributed by atoms with Crippen molar-refractivity contribution in [3.63, 3.8) is 0 Å². The summed E-state index contributed by atoms with van der Waals surface area (Å²) in [6, 6.07) is 3.72. The Balaban J connectivity index is 1.99. The summed E-state index contributed by atoms with van der Waals surface area (Å²) in [6.45, 7) is 2.98. The van der Waals surface area contributed by atoms with Crippen molar-refractivity contribution in [1.82, 2.24) is 9.88 Å². The van der Waals surface area contributed by atoms with E-state index in [9.17, 15) is 4.79 Å². The molecule has 0 saturated heterocycles. The Morgan fingerprint density at radius 2 is 2.21 bits per heavy atom. The van der Waals surface area contributed by atoms with E-state index in [0.717, 1.165) is 22.9 Å². The van der Waals surface area contributed by atoms with Gasteiger partial charge in [0.15, 0.2) is 0 Å². The highest BCUT2D eigenvalue weighted by Gasteiger charge is 2.20. The molecule has 1 aliphatic carbocycles. The van der Waals surface area contributed by atoms with Gasteiger partial charge < -0.3 is 4.90 Å². The fourth-order valence-corrected chi connectivity index (χ4v) is 3.29. The van der Waals surface area contributed by atoms with Crippen LogP contribution in [-0.4, -0.2) is 35.1 Å². The smallest absolute Gasteiger partial charge is 0.253 e. The number of nitrogens with zero attached hydrogens (tertiary/aromatic N) is 2. The first-order valence-corrected chi connectivity index (χ1v) is 8.03. The molecule has 0 N–H and O–H groups in total. The van der Waals surface area contributed by atoms with E-state index in [1.54, 1.807) is 18.0 Å². The largest absolute Gasteiger partial charge is 0.341 e. The minimum atomic E-state index is 0.118. The first-order chi connectivity index (χ1) is 9.20. The van der Waals surface area contributed by atoms with Gasteiger partial charge in [0.25, 0.3) is 5.91 Å². The van der Waals surface area contributed by atoms with Crippen LogP contribution in [0.1, 0.15) is 43.0 Å². The van der Waals surface area contributed by atoms with Crippen LogP contribution in [0.5, 0.6) is 0 Å². The number of aromatic nitrogens is 1. The Hall–Kier alpha value is -1.03. The molecule has 1 heterocycles. The zero-order valence-electron chi connectivity index (χ0n) is 11.8. The van der Waals surface area contributed by atoms with E-state index >= 15 is 0 Å². The summed E-state index contributed by atoms with van der Waals surface area (Å²) in [4.78, 5) is 18.5. The van der Waals surface area contributed by atoms with E-state index in [1.807, 2.05) is 24.1 Å². The van der Waals surface area contributed by atoms with Gasteiger partial charge in [0.2, 0.25) is 0 Å². The van der Waals surface area contributed by atoms with Gasteiger partial charge in [-0.1, -0.05) is 19.8 Å². The van der Waals surface area contributed by atoms with Crippen LogP contribution in [-0.2, 0) is 0 Å². The van der Waals surface area contributed by atoms with Crippen molar-refractivity contribution in [2.45, 2.75) is 37.6 Å². The standard InChI is InChI=1S/C15H22N2OS/c1-3-19-14-10-13(8-9-16-14)15(18)17(2)11-12-6-4-5-7-12/h8-10,12H,3-7,11H2,1-2H3. The molecule has 0 aromatic carbocycles. The fourth-order valence-electron chi connectivity index (χ4n) is 2.65. The number of amides is 1. The van der Waals surface area contributed by atoms with E-state index in [2.05, 4.69) is 11.9 Å². The van der Waals surface area contributed by atoms with Crippen molar-refractivity contribution in [2.24, 2.45) is 5.92 Å². The number of carbonyl (C=O) groups is 1. The molecule has 104 valence electrons. The molecule has 1 aromatic rings. The van der Waals surface area contributed by atoms with Crippen molar-refractivity contribution in [1.29, 1.82) is 0 Å². The van der Waals surface area contributed by atoms with Crippen LogP contribution in [0, 0.1) is 5.92 Å². The maximum Gasteiger partial charge on any atom is 0.253 e. The van der Waals surface area contributed by atoms with Gasteiger partial charge >= 0.3 is 0 Å². The second-order valence-corrected chi connectivity index (χ2v) is 6.44. The SMILES string of the molecule is CCSc1cc(C(=O)N(C)CC2CCCC2)ccn1. The van der Waals surface area contributed by atoms with Crippen molar-refractivity contribution < 1.29 is 4.79 Å². The number of hydrogen-bond donors (Lipinski definition) is 0. The molecule has 0 aliphatic heterocycles. The Labute approximate surface area is 119 Å². The molecule has 19 heavy (non-hydrogen) atoms. The van der Waals surface area contributed by atoms with Crippen LogP contribution in [0.4, 0.5) is 0 Å². The molecule has 0 bridgehead atoms. The van der Waals surface area contributed by atoms with E-state index < -0.39 is 0 Å². The second kappa shape index (κ2) is 6.94. The lowest BCUT2D eigenvalue weighted by Crippen LogP contribution is -2.31. The van der Waals surface area contributed by atoms with Gasteiger partial charge in [-0.25, -0.2) is 4.98 Å². The van der Waals surface area contributed by atoms with Crippen LogP contribution in [0.25, 0.3) is 0 Å². The number of pyridine rings is 1. The third-order valence-electron chi connectivity index (χ3n) is 3.63. The third-order valence-corrected chi connectivity index (χ3v) is 4.44. The Bertz CT molecular complexity index is 430. The number of thioether (sulfide) groups is 1. The quantitative estimate of drug-likeness (QED) is 0.773. The van der Waals surface area contributed by atoms with Crippen LogP contribution < -0.4 is 0 Å². The summed E-state index contributed by atoms with van der Waals surface area (Å²) in [5.41, 5.74) is 0.756. The summed E-state index contributed by atoms with van der Waals surface area (Å²) < 4.78 is 0. The fraction of sp³-hybridized carbons (Fsp3) is 0.600. The summed E-state index contributed by atoms with van der Waals surface area (Å²) in [7, 11) is 1.91. The van der Waals surface area contributed by atoms with Crippen molar-refractivity contribution in [3.05, 3.63) is 23.9 Å². The monoisotopic (exact) mass is 278 g/mol. The van der Waals surface area contributed by atoms with Gasteiger partial charge in [0.05, 0.1) is 5.03 Å². The van der Waals surface area contributed by atoms with Crippen LogP contribution >= 0.6 is 11.8 Å². The molecule has 3 nitrogen and oxygen atoms in total. The molecule has 0 radical (unpaired) electrons. The van der Waals surface area contributed by atoms with Crippen molar-refractivity contribution >= 4 is 17.7 Å². The predicted octanol–water partition coefficient (Wildman–Crippen LogP) is 3.46. The average Bonchev–Trinajstić information content (AvgIpc) is 2.91. The highest BCUT2D eigenvalue weighted by molar-refractivity contribution is 7.99. The molecule has 1 saturated carbocycles. The van der Waals surface area contributed by atoms with Gasteiger partial charge in [0.1, 0.15) is 0 Å². The van der Waals surface area contributed by atoms with Gasteiger partial charge in [-0.05, 0) is 36.6 Å². The molecular weight excluding hydrogens is 256 g/mol. The zero-order chi connectivity index (χ0) is 13.7. The zero-order valence-corrected chi connectivity index (χ0v) is 12.6. The molecule has 2 rings (SSSR count). The molecule has 1 aliphatic rings. The molecule has 0 atom stereocenters. The topological polar surface area (TPSA) is 33.2 Å². The number of rotatable bonds is 5. The third kappa shape index (κ3) is 3.96. The highest BCUT2D eigenvalue weighted by Crippen LogP contribution is 2.25. The van der Waals surface area contributed by atoms with Gasteiger partial charge in [-0.3, -0.25) is 4.79 Å². The van der Waals surface area contributed by atoms with E-state index in [4.69, 9.17) is 0 Å². The van der Waals surface area contributed by atoms with E-state index in [0.29, 0.717) is 5.92 Å². The normalized spacial score (nSPS) is 15.7. The first kappa shape index (κ1) is 14.4. The molecule has 1 fully saturated rings. The highest BCUT2D eigenvalue weighted by atomic mass is 32.2. The summed E-state index contributed by atoms with van der Waals surface area (Å²) in [5, 5.41) is 0.933. The molecular formula is C15H22N2OS. The second-order valence-electron chi connectivity index (χ2n) is 5.15. The maximum absolute atomic E-state index is 12.4. The first-order valence-electron chi connectivity index (χ1n) is 7.05. The molecule has 0 unspecified atom stereocenters. The number of carbonyl (C=O) groups excluding carboxylic acids is 1. The van der Waals surface area contributed by atoms with Gasteiger partial charge in [-0.2, -0.15) is 0 Å². The Morgan fingerprint density at radius 1 is 1.47 bits per heavy atom. The van der Waals surface area contributed by atoms with Crippen LogP contribution in [0.15, 0.2) is 23.4 Å². The average molecular weight is 278 g/mol. The molecule has 1 amide bonds. The van der Waals surface area contributed by atoms with Crippen LogP contribution in [0.2, 0.25) is 0 Å². The molecule has 1 aromatic heterocycles. The van der Waals surface area contributed by atoms with E-state index in [1.165, 1.54) is 25.7 Å². The number of hydrogen-bond acceptors (Lipinski definition) is 3. The van der Waals surface area contributed by atoms with Crippen LogP contribution in [0.3, 0.4) is 0 Å². The summed E-state index contributed by atoms with van der Waals surface area (Å²) >= 11 is 1.67. The minimum Gasteiger partial charge on any atom is -0.341 e. The Kier molecular flexibility index (Phi) is 5.25. The molecule has 4 heteroatoms. The minimum absolute atomic E-state index is 0.118. The molecule has 0 spiro atoms. The lowest BCUT2D eigenvalue weighted by molar-refractivity contribution is 0.0773. The van der Waals surface area contributed by atoms with Gasteiger partial charge in [0, 0.05) is 25.4 Å². The lowest BCUT2D eigenvalue weighted by atomic mass is 10.1. The van der Waals surface area contributed by atoms with Crippen molar-refractivity contribution in [2.75, 3.05) is 19.3 Å². The van der Waals surface area contributed by atoms with Gasteiger partial charge in [-0.15, -0.1) is 11.8 Å². The lowest BCUT2D eigenvalue weighted by Gasteiger charge is -2.21. The summed E-state index contributed by atoms with van der Waals surface area (Å²) in [6.07, 6.45) is 6.91. The van der Waals surface area contributed by atoms with Crippen molar-refractivity contribution in [3.8, 4) is 0 Å². The Morgan fingerprint density at radius 3 is 2.89 bits per heavy atom. The van der Waals surface area contributed by atoms with E-state index in [-0.39, 0.29) is 5.91 Å².